The first-order valence-electron chi connectivity index (χ1n) is 7.15. The van der Waals surface area contributed by atoms with Crippen LogP contribution in [-0.2, 0) is 7.05 Å². The molecule has 0 radical (unpaired) electrons. The predicted molar refractivity (Wildman–Crippen MR) is 89.8 cm³/mol. The summed E-state index contributed by atoms with van der Waals surface area (Å²) >= 11 is 1.41. The van der Waals surface area contributed by atoms with E-state index in [-0.39, 0.29) is 11.9 Å². The van der Waals surface area contributed by atoms with Gasteiger partial charge < -0.3 is 14.6 Å². The fourth-order valence-corrected chi connectivity index (χ4v) is 3.08. The van der Waals surface area contributed by atoms with Gasteiger partial charge in [-0.2, -0.15) is 0 Å². The quantitative estimate of drug-likeness (QED) is 0.784. The van der Waals surface area contributed by atoms with Crippen LogP contribution in [0.1, 0.15) is 27.1 Å². The second-order valence-electron chi connectivity index (χ2n) is 5.02. The van der Waals surface area contributed by atoms with Crippen LogP contribution in [0.15, 0.2) is 54.2 Å². The summed E-state index contributed by atoms with van der Waals surface area (Å²) in [6, 6.07) is 10.9. The summed E-state index contributed by atoms with van der Waals surface area (Å²) < 4.78 is 7.35. The lowest BCUT2D eigenvalue weighted by Gasteiger charge is -2.21. The predicted octanol–water partition coefficient (Wildman–Crippen LogP) is 3.01. The highest BCUT2D eigenvalue weighted by Crippen LogP contribution is 2.29. The van der Waals surface area contributed by atoms with Crippen molar-refractivity contribution in [3.05, 3.63) is 70.4 Å². The molecule has 0 bridgehead atoms. The number of rotatable bonds is 5. The maximum absolute atomic E-state index is 12.5. The van der Waals surface area contributed by atoms with Gasteiger partial charge in [-0.1, -0.05) is 24.3 Å². The van der Waals surface area contributed by atoms with E-state index >= 15 is 0 Å². The van der Waals surface area contributed by atoms with Gasteiger partial charge in [0.15, 0.2) is 0 Å². The molecule has 0 fully saturated rings. The van der Waals surface area contributed by atoms with Crippen LogP contribution in [0.5, 0.6) is 5.75 Å². The van der Waals surface area contributed by atoms with Crippen LogP contribution in [0.25, 0.3) is 0 Å². The van der Waals surface area contributed by atoms with E-state index in [1.165, 1.54) is 11.3 Å². The van der Waals surface area contributed by atoms with E-state index in [1.807, 2.05) is 53.5 Å². The third-order valence-corrected chi connectivity index (χ3v) is 4.46. The SMILES string of the molecule is COc1ccccc1[C@H](NC(=O)c1cccs1)c1nccn1C. The van der Waals surface area contributed by atoms with E-state index in [1.54, 1.807) is 19.4 Å². The number of benzene rings is 1. The van der Waals surface area contributed by atoms with Crippen molar-refractivity contribution in [2.75, 3.05) is 7.11 Å². The molecule has 0 spiro atoms. The number of carbonyl (C=O) groups is 1. The Kier molecular flexibility index (Phi) is 4.43. The van der Waals surface area contributed by atoms with E-state index in [4.69, 9.17) is 4.74 Å². The van der Waals surface area contributed by atoms with Crippen molar-refractivity contribution in [3.63, 3.8) is 0 Å². The summed E-state index contributed by atoms with van der Waals surface area (Å²) in [5.74, 6) is 1.34. The number of methoxy groups -OCH3 is 1. The molecule has 23 heavy (non-hydrogen) atoms. The topological polar surface area (TPSA) is 56.1 Å². The number of imidazole rings is 1. The third kappa shape index (κ3) is 3.12. The van der Waals surface area contributed by atoms with Gasteiger partial charge >= 0.3 is 0 Å². The number of aromatic nitrogens is 2. The molecule has 1 atom stereocenters. The van der Waals surface area contributed by atoms with Gasteiger partial charge in [-0.05, 0) is 17.5 Å². The molecule has 1 aromatic carbocycles. The standard InChI is InChI=1S/C17H17N3O2S/c1-20-10-9-18-16(20)15(12-6-3-4-7-13(12)22-2)19-17(21)14-8-5-11-23-14/h3-11,15H,1-2H3,(H,19,21)/t15-/m0/s1. The minimum absolute atomic E-state index is 0.126. The number of hydrogen-bond donors (Lipinski definition) is 1. The van der Waals surface area contributed by atoms with Gasteiger partial charge in [0.05, 0.1) is 12.0 Å². The molecule has 1 N–H and O–H groups in total. The van der Waals surface area contributed by atoms with Crippen LogP contribution in [0, 0.1) is 0 Å². The molecule has 0 aliphatic carbocycles. The Balaban J connectivity index is 2.01. The minimum atomic E-state index is -0.388. The second-order valence-corrected chi connectivity index (χ2v) is 5.97. The lowest BCUT2D eigenvalue weighted by molar-refractivity contribution is 0.0945. The number of aryl methyl sites for hydroxylation is 1. The zero-order chi connectivity index (χ0) is 16.2. The number of ether oxygens (including phenoxy) is 1. The van der Waals surface area contributed by atoms with Gasteiger partial charge in [-0.3, -0.25) is 4.79 Å². The van der Waals surface area contributed by atoms with E-state index < -0.39 is 0 Å². The van der Waals surface area contributed by atoms with Crippen molar-refractivity contribution in [1.29, 1.82) is 0 Å². The van der Waals surface area contributed by atoms with Crippen molar-refractivity contribution < 1.29 is 9.53 Å². The van der Waals surface area contributed by atoms with E-state index in [0.717, 1.165) is 11.4 Å². The number of nitrogens with zero attached hydrogens (tertiary/aromatic N) is 2. The normalized spacial score (nSPS) is 11.9. The van der Waals surface area contributed by atoms with Crippen LogP contribution in [0.2, 0.25) is 0 Å². The number of amides is 1. The lowest BCUT2D eigenvalue weighted by Crippen LogP contribution is -2.30. The molecule has 2 heterocycles. The average molecular weight is 327 g/mol. The van der Waals surface area contributed by atoms with E-state index in [9.17, 15) is 4.79 Å². The van der Waals surface area contributed by atoms with Gasteiger partial charge in [0, 0.05) is 25.0 Å². The average Bonchev–Trinajstić information content (AvgIpc) is 3.24. The molecule has 0 unspecified atom stereocenters. The second kappa shape index (κ2) is 6.66. The Morgan fingerprint density at radius 2 is 2.13 bits per heavy atom. The Labute approximate surface area is 138 Å². The number of nitrogens with one attached hydrogen (secondary N) is 1. The van der Waals surface area contributed by atoms with Crippen LogP contribution in [-0.4, -0.2) is 22.6 Å². The molecule has 3 rings (SSSR count). The first-order chi connectivity index (χ1) is 11.2. The van der Waals surface area contributed by atoms with Crippen molar-refractivity contribution in [2.45, 2.75) is 6.04 Å². The smallest absolute Gasteiger partial charge is 0.262 e. The number of para-hydroxylation sites is 1. The molecule has 0 aliphatic heterocycles. The van der Waals surface area contributed by atoms with Crippen molar-refractivity contribution in [3.8, 4) is 5.75 Å². The Bertz CT molecular complexity index is 796. The van der Waals surface area contributed by atoms with Crippen LogP contribution < -0.4 is 10.1 Å². The highest BCUT2D eigenvalue weighted by atomic mass is 32.1. The Morgan fingerprint density at radius 3 is 2.78 bits per heavy atom. The number of thiophene rings is 1. The first-order valence-corrected chi connectivity index (χ1v) is 8.03. The monoisotopic (exact) mass is 327 g/mol. The summed E-state index contributed by atoms with van der Waals surface area (Å²) in [5.41, 5.74) is 0.870. The van der Waals surface area contributed by atoms with Crippen molar-refractivity contribution in [1.82, 2.24) is 14.9 Å². The summed E-state index contributed by atoms with van der Waals surface area (Å²) in [4.78, 5) is 17.6. The highest BCUT2D eigenvalue weighted by molar-refractivity contribution is 7.12. The molecule has 118 valence electrons. The number of carbonyl (C=O) groups excluding carboxylic acids is 1. The molecular formula is C17H17N3O2S. The summed E-state index contributed by atoms with van der Waals surface area (Å²) in [6.45, 7) is 0. The molecule has 2 aromatic heterocycles. The highest BCUT2D eigenvalue weighted by Gasteiger charge is 2.24. The zero-order valence-corrected chi connectivity index (χ0v) is 13.7. The van der Waals surface area contributed by atoms with E-state index in [0.29, 0.717) is 10.6 Å². The largest absolute Gasteiger partial charge is 0.496 e. The molecule has 0 saturated heterocycles. The lowest BCUT2D eigenvalue weighted by atomic mass is 10.0. The van der Waals surface area contributed by atoms with Crippen LogP contribution >= 0.6 is 11.3 Å². The molecular weight excluding hydrogens is 310 g/mol. The zero-order valence-electron chi connectivity index (χ0n) is 12.9. The van der Waals surface area contributed by atoms with Gasteiger partial charge in [0.1, 0.15) is 17.6 Å². The fraction of sp³-hybridized carbons (Fsp3) is 0.176. The summed E-state index contributed by atoms with van der Waals surface area (Å²) in [6.07, 6.45) is 3.57. The van der Waals surface area contributed by atoms with Crippen molar-refractivity contribution >= 4 is 17.2 Å². The molecule has 5 nitrogen and oxygen atoms in total. The molecule has 0 saturated carbocycles. The van der Waals surface area contributed by atoms with Gasteiger partial charge in [0.25, 0.3) is 5.91 Å². The Hall–Kier alpha value is -2.60. The Morgan fingerprint density at radius 1 is 1.30 bits per heavy atom. The molecule has 6 heteroatoms. The van der Waals surface area contributed by atoms with Crippen LogP contribution in [0.3, 0.4) is 0 Å². The van der Waals surface area contributed by atoms with Gasteiger partial charge in [0.2, 0.25) is 0 Å². The maximum Gasteiger partial charge on any atom is 0.262 e. The summed E-state index contributed by atoms with van der Waals surface area (Å²) in [5, 5.41) is 4.94. The fourth-order valence-electron chi connectivity index (χ4n) is 2.45. The molecule has 1 amide bonds. The minimum Gasteiger partial charge on any atom is -0.496 e. The van der Waals surface area contributed by atoms with Gasteiger partial charge in [-0.25, -0.2) is 4.98 Å². The first kappa shape index (κ1) is 15.3. The maximum atomic E-state index is 12.5. The third-order valence-electron chi connectivity index (χ3n) is 3.59. The van der Waals surface area contributed by atoms with Gasteiger partial charge in [-0.15, -0.1) is 11.3 Å². The van der Waals surface area contributed by atoms with Crippen LogP contribution in [0.4, 0.5) is 0 Å². The number of hydrogen-bond acceptors (Lipinski definition) is 4. The summed E-state index contributed by atoms with van der Waals surface area (Å²) in [7, 11) is 3.53. The molecule has 0 aliphatic rings. The molecule has 3 aromatic rings. The van der Waals surface area contributed by atoms with E-state index in [2.05, 4.69) is 10.3 Å². The van der Waals surface area contributed by atoms with Crippen molar-refractivity contribution in [2.24, 2.45) is 7.05 Å².